The SMILES string of the molecule is Cc1ccc(CNC(=O)c2cc(Cl)ccc2O)cc1. The van der Waals surface area contributed by atoms with Crippen molar-refractivity contribution in [3.05, 3.63) is 64.2 Å². The zero-order valence-electron chi connectivity index (χ0n) is 10.5. The molecule has 3 nitrogen and oxygen atoms in total. The second-order valence-corrected chi connectivity index (χ2v) is 4.77. The Balaban J connectivity index is 2.05. The van der Waals surface area contributed by atoms with E-state index in [0.29, 0.717) is 11.6 Å². The number of phenols is 1. The molecule has 0 spiro atoms. The molecule has 0 heterocycles. The molecule has 0 aromatic heterocycles. The van der Waals surface area contributed by atoms with E-state index in [1.807, 2.05) is 31.2 Å². The van der Waals surface area contributed by atoms with Crippen LogP contribution >= 0.6 is 11.6 Å². The summed E-state index contributed by atoms with van der Waals surface area (Å²) in [5.74, 6) is -0.425. The first-order valence-electron chi connectivity index (χ1n) is 5.88. The Kier molecular flexibility index (Phi) is 4.07. The molecule has 0 aliphatic heterocycles. The lowest BCUT2D eigenvalue weighted by Gasteiger charge is -2.07. The fraction of sp³-hybridized carbons (Fsp3) is 0.133. The van der Waals surface area contributed by atoms with Crippen LogP contribution in [0.15, 0.2) is 42.5 Å². The highest BCUT2D eigenvalue weighted by Crippen LogP contribution is 2.21. The predicted octanol–water partition coefficient (Wildman–Crippen LogP) is 3.28. The van der Waals surface area contributed by atoms with Crippen molar-refractivity contribution in [3.63, 3.8) is 0 Å². The van der Waals surface area contributed by atoms with Gasteiger partial charge in [-0.15, -0.1) is 0 Å². The summed E-state index contributed by atoms with van der Waals surface area (Å²) in [5.41, 5.74) is 2.35. The molecule has 2 rings (SSSR count). The Bertz CT molecular complexity index is 594. The van der Waals surface area contributed by atoms with Crippen LogP contribution in [0.2, 0.25) is 5.02 Å². The molecule has 4 heteroatoms. The number of hydrogen-bond donors (Lipinski definition) is 2. The zero-order chi connectivity index (χ0) is 13.8. The van der Waals surface area contributed by atoms with E-state index in [1.54, 1.807) is 0 Å². The Morgan fingerprint density at radius 2 is 1.89 bits per heavy atom. The number of aromatic hydroxyl groups is 1. The molecule has 0 saturated carbocycles. The first kappa shape index (κ1) is 13.4. The van der Waals surface area contributed by atoms with Gasteiger partial charge in [0.05, 0.1) is 5.56 Å². The maximum absolute atomic E-state index is 11.9. The van der Waals surface area contributed by atoms with Crippen molar-refractivity contribution in [3.8, 4) is 5.75 Å². The highest BCUT2D eigenvalue weighted by atomic mass is 35.5. The standard InChI is InChI=1S/C15H14ClNO2/c1-10-2-4-11(5-3-10)9-17-15(19)13-8-12(16)6-7-14(13)18/h2-8,18H,9H2,1H3,(H,17,19). The van der Waals surface area contributed by atoms with Crippen molar-refractivity contribution in [1.82, 2.24) is 5.32 Å². The molecule has 98 valence electrons. The maximum Gasteiger partial charge on any atom is 0.255 e. The minimum Gasteiger partial charge on any atom is -0.507 e. The van der Waals surface area contributed by atoms with Crippen LogP contribution in [-0.2, 0) is 6.54 Å². The maximum atomic E-state index is 11.9. The molecule has 0 radical (unpaired) electrons. The molecule has 0 fully saturated rings. The number of halogens is 1. The van der Waals surface area contributed by atoms with Gasteiger partial charge in [-0.2, -0.15) is 0 Å². The van der Waals surface area contributed by atoms with E-state index in [9.17, 15) is 9.90 Å². The molecule has 19 heavy (non-hydrogen) atoms. The molecule has 2 N–H and O–H groups in total. The van der Waals surface area contributed by atoms with Crippen molar-refractivity contribution < 1.29 is 9.90 Å². The van der Waals surface area contributed by atoms with Crippen LogP contribution in [0.3, 0.4) is 0 Å². The summed E-state index contributed by atoms with van der Waals surface area (Å²) in [7, 11) is 0. The van der Waals surface area contributed by atoms with Crippen LogP contribution in [0, 0.1) is 6.92 Å². The number of rotatable bonds is 3. The van der Waals surface area contributed by atoms with Crippen molar-refractivity contribution in [2.75, 3.05) is 0 Å². The first-order chi connectivity index (χ1) is 9.06. The summed E-state index contributed by atoms with van der Waals surface area (Å²) in [5, 5.41) is 12.8. The molecular formula is C15H14ClNO2. The predicted molar refractivity (Wildman–Crippen MR) is 75.5 cm³/mol. The molecule has 0 bridgehead atoms. The van der Waals surface area contributed by atoms with Gasteiger partial charge in [-0.1, -0.05) is 41.4 Å². The van der Waals surface area contributed by atoms with Gasteiger partial charge >= 0.3 is 0 Å². The lowest BCUT2D eigenvalue weighted by molar-refractivity contribution is 0.0948. The second-order valence-electron chi connectivity index (χ2n) is 4.33. The Labute approximate surface area is 116 Å². The fourth-order valence-electron chi connectivity index (χ4n) is 1.67. The first-order valence-corrected chi connectivity index (χ1v) is 6.26. The largest absolute Gasteiger partial charge is 0.507 e. The van der Waals surface area contributed by atoms with Crippen molar-refractivity contribution in [1.29, 1.82) is 0 Å². The summed E-state index contributed by atoms with van der Waals surface area (Å²) in [4.78, 5) is 11.9. The number of carbonyl (C=O) groups excluding carboxylic acids is 1. The molecule has 0 saturated heterocycles. The number of carbonyl (C=O) groups is 1. The van der Waals surface area contributed by atoms with Gasteiger partial charge in [-0.05, 0) is 30.7 Å². The quantitative estimate of drug-likeness (QED) is 0.903. The third-order valence-electron chi connectivity index (χ3n) is 2.78. The molecule has 1 amide bonds. The van der Waals surface area contributed by atoms with Gasteiger partial charge in [-0.25, -0.2) is 0 Å². The lowest BCUT2D eigenvalue weighted by Crippen LogP contribution is -2.22. The van der Waals surface area contributed by atoms with Crippen LogP contribution in [-0.4, -0.2) is 11.0 Å². The normalized spacial score (nSPS) is 10.2. The highest BCUT2D eigenvalue weighted by Gasteiger charge is 2.11. The number of phenolic OH excluding ortho intramolecular Hbond substituents is 1. The van der Waals surface area contributed by atoms with Crippen LogP contribution < -0.4 is 5.32 Å². The monoisotopic (exact) mass is 275 g/mol. The van der Waals surface area contributed by atoms with Crippen LogP contribution in [0.5, 0.6) is 5.75 Å². The van der Waals surface area contributed by atoms with Gasteiger partial charge in [0.2, 0.25) is 0 Å². The smallest absolute Gasteiger partial charge is 0.255 e. The van der Waals surface area contributed by atoms with Crippen molar-refractivity contribution >= 4 is 17.5 Å². The van der Waals surface area contributed by atoms with E-state index in [2.05, 4.69) is 5.32 Å². The summed E-state index contributed by atoms with van der Waals surface area (Å²) in [6.07, 6.45) is 0. The molecule has 0 atom stereocenters. The molecule has 2 aromatic carbocycles. The third-order valence-corrected chi connectivity index (χ3v) is 3.01. The van der Waals surface area contributed by atoms with Gasteiger partial charge in [0, 0.05) is 11.6 Å². The summed E-state index contributed by atoms with van der Waals surface area (Å²) < 4.78 is 0. The minimum atomic E-state index is -0.347. The summed E-state index contributed by atoms with van der Waals surface area (Å²) in [6, 6.07) is 12.3. The van der Waals surface area contributed by atoms with Gasteiger partial charge in [0.15, 0.2) is 0 Å². The number of benzene rings is 2. The average Bonchev–Trinajstić information content (AvgIpc) is 2.40. The second kappa shape index (κ2) is 5.76. The van der Waals surface area contributed by atoms with Crippen LogP contribution in [0.1, 0.15) is 21.5 Å². The number of hydrogen-bond acceptors (Lipinski definition) is 2. The van der Waals surface area contributed by atoms with Gasteiger partial charge < -0.3 is 10.4 Å². The van der Waals surface area contributed by atoms with E-state index in [-0.39, 0.29) is 17.2 Å². The van der Waals surface area contributed by atoms with E-state index < -0.39 is 0 Å². The van der Waals surface area contributed by atoms with E-state index in [1.165, 1.54) is 23.8 Å². The van der Waals surface area contributed by atoms with E-state index >= 15 is 0 Å². The van der Waals surface area contributed by atoms with E-state index in [4.69, 9.17) is 11.6 Å². The zero-order valence-corrected chi connectivity index (χ0v) is 11.2. The molecule has 0 aliphatic rings. The molecule has 0 aliphatic carbocycles. The lowest BCUT2D eigenvalue weighted by atomic mass is 10.1. The Morgan fingerprint density at radius 1 is 1.21 bits per heavy atom. The molecule has 2 aromatic rings. The number of nitrogens with one attached hydrogen (secondary N) is 1. The van der Waals surface area contributed by atoms with Crippen molar-refractivity contribution in [2.24, 2.45) is 0 Å². The number of amides is 1. The molecular weight excluding hydrogens is 262 g/mol. The summed E-state index contributed by atoms with van der Waals surface area (Å²) in [6.45, 7) is 2.41. The highest BCUT2D eigenvalue weighted by molar-refractivity contribution is 6.31. The number of aryl methyl sites for hydroxylation is 1. The van der Waals surface area contributed by atoms with Gasteiger partial charge in [0.1, 0.15) is 5.75 Å². The fourth-order valence-corrected chi connectivity index (χ4v) is 1.85. The minimum absolute atomic E-state index is 0.0780. The Morgan fingerprint density at radius 3 is 2.58 bits per heavy atom. The van der Waals surface area contributed by atoms with Gasteiger partial charge in [0.25, 0.3) is 5.91 Å². The van der Waals surface area contributed by atoms with Crippen LogP contribution in [0.4, 0.5) is 0 Å². The van der Waals surface area contributed by atoms with Crippen molar-refractivity contribution in [2.45, 2.75) is 13.5 Å². The average molecular weight is 276 g/mol. The van der Waals surface area contributed by atoms with Gasteiger partial charge in [-0.3, -0.25) is 4.79 Å². The summed E-state index contributed by atoms with van der Waals surface area (Å²) >= 11 is 5.80. The molecule has 0 unspecified atom stereocenters. The Hall–Kier alpha value is -2.00. The van der Waals surface area contributed by atoms with Crippen LogP contribution in [0.25, 0.3) is 0 Å². The third kappa shape index (κ3) is 3.48. The topological polar surface area (TPSA) is 49.3 Å². The van der Waals surface area contributed by atoms with E-state index in [0.717, 1.165) is 5.56 Å².